The highest BCUT2D eigenvalue weighted by Gasteiger charge is 2.34. The van der Waals surface area contributed by atoms with E-state index in [0.717, 1.165) is 5.56 Å². The lowest BCUT2D eigenvalue weighted by atomic mass is 10.1. The van der Waals surface area contributed by atoms with E-state index in [1.165, 1.54) is 0 Å². The zero-order chi connectivity index (χ0) is 17.3. The summed E-state index contributed by atoms with van der Waals surface area (Å²) in [6, 6.07) is 5.87. The number of benzene rings is 1. The zero-order valence-electron chi connectivity index (χ0n) is 14.8. The SMILES string of the molecule is Cc1ccc2c(c1)N(CC(=O)N(C(C)C)C(C)C)C(=O)[C@@H](C)O2. The quantitative estimate of drug-likeness (QED) is 0.858. The lowest BCUT2D eigenvalue weighted by molar-refractivity contribution is -0.135. The summed E-state index contributed by atoms with van der Waals surface area (Å²) in [5, 5.41) is 0. The van der Waals surface area contributed by atoms with Gasteiger partial charge in [0.2, 0.25) is 5.91 Å². The van der Waals surface area contributed by atoms with Crippen LogP contribution >= 0.6 is 0 Å². The van der Waals surface area contributed by atoms with Gasteiger partial charge in [-0.2, -0.15) is 0 Å². The van der Waals surface area contributed by atoms with E-state index in [2.05, 4.69) is 0 Å². The van der Waals surface area contributed by atoms with Crippen LogP contribution in [0.15, 0.2) is 18.2 Å². The van der Waals surface area contributed by atoms with Gasteiger partial charge in [0.15, 0.2) is 6.10 Å². The molecular weight excluding hydrogens is 292 g/mol. The van der Waals surface area contributed by atoms with E-state index in [4.69, 9.17) is 4.74 Å². The minimum atomic E-state index is -0.579. The molecule has 0 radical (unpaired) electrons. The van der Waals surface area contributed by atoms with Crippen LogP contribution < -0.4 is 9.64 Å². The van der Waals surface area contributed by atoms with Gasteiger partial charge in [0, 0.05) is 12.1 Å². The molecule has 5 nitrogen and oxygen atoms in total. The summed E-state index contributed by atoms with van der Waals surface area (Å²) in [4.78, 5) is 28.6. The molecule has 1 aromatic carbocycles. The highest BCUT2D eigenvalue weighted by atomic mass is 16.5. The van der Waals surface area contributed by atoms with Crippen molar-refractivity contribution in [3.8, 4) is 5.75 Å². The molecule has 0 fully saturated rings. The molecule has 1 aromatic rings. The summed E-state index contributed by atoms with van der Waals surface area (Å²) in [5.41, 5.74) is 1.70. The van der Waals surface area contributed by atoms with Crippen LogP contribution in [-0.2, 0) is 9.59 Å². The first-order valence-corrected chi connectivity index (χ1v) is 8.12. The second kappa shape index (κ2) is 6.60. The summed E-state index contributed by atoms with van der Waals surface area (Å²) >= 11 is 0. The first-order valence-electron chi connectivity index (χ1n) is 8.12. The Morgan fingerprint density at radius 1 is 1.26 bits per heavy atom. The number of nitrogens with zero attached hydrogens (tertiary/aromatic N) is 2. The molecule has 2 rings (SSSR count). The van der Waals surface area contributed by atoms with Crippen molar-refractivity contribution in [2.75, 3.05) is 11.4 Å². The van der Waals surface area contributed by atoms with Crippen molar-refractivity contribution in [3.63, 3.8) is 0 Å². The van der Waals surface area contributed by atoms with Crippen LogP contribution in [0, 0.1) is 6.92 Å². The van der Waals surface area contributed by atoms with Gasteiger partial charge >= 0.3 is 0 Å². The molecule has 0 unspecified atom stereocenters. The molecule has 0 aromatic heterocycles. The predicted octanol–water partition coefficient (Wildman–Crippen LogP) is 2.75. The normalized spacial score (nSPS) is 17.3. The van der Waals surface area contributed by atoms with Gasteiger partial charge in [0.25, 0.3) is 5.91 Å². The summed E-state index contributed by atoms with van der Waals surface area (Å²) in [7, 11) is 0. The van der Waals surface area contributed by atoms with E-state index in [-0.39, 0.29) is 30.4 Å². The monoisotopic (exact) mass is 318 g/mol. The molecule has 126 valence electrons. The van der Waals surface area contributed by atoms with Gasteiger partial charge in [-0.25, -0.2) is 0 Å². The highest BCUT2D eigenvalue weighted by molar-refractivity contribution is 6.03. The Bertz CT molecular complexity index is 602. The number of fused-ring (bicyclic) bond motifs is 1. The van der Waals surface area contributed by atoms with Gasteiger partial charge in [-0.3, -0.25) is 14.5 Å². The molecule has 1 atom stereocenters. The van der Waals surface area contributed by atoms with Crippen LogP contribution in [0.25, 0.3) is 0 Å². The Morgan fingerprint density at radius 2 is 1.87 bits per heavy atom. The molecule has 1 aliphatic heterocycles. The van der Waals surface area contributed by atoms with Crippen LogP contribution in [0.5, 0.6) is 5.75 Å². The molecule has 0 bridgehead atoms. The predicted molar refractivity (Wildman–Crippen MR) is 90.7 cm³/mol. The average molecular weight is 318 g/mol. The fraction of sp³-hybridized carbons (Fsp3) is 0.556. The van der Waals surface area contributed by atoms with E-state index in [9.17, 15) is 9.59 Å². The Balaban J connectivity index is 2.33. The molecule has 5 heteroatoms. The number of amides is 2. The van der Waals surface area contributed by atoms with Crippen LogP contribution in [0.3, 0.4) is 0 Å². The average Bonchev–Trinajstić information content (AvgIpc) is 2.44. The van der Waals surface area contributed by atoms with E-state index < -0.39 is 6.10 Å². The second-order valence-corrected chi connectivity index (χ2v) is 6.64. The van der Waals surface area contributed by atoms with Gasteiger partial charge in [0.05, 0.1) is 5.69 Å². The molecule has 0 spiro atoms. The molecule has 2 amide bonds. The van der Waals surface area contributed by atoms with Crippen molar-refractivity contribution in [2.45, 2.75) is 59.7 Å². The van der Waals surface area contributed by atoms with Gasteiger partial charge in [-0.15, -0.1) is 0 Å². The van der Waals surface area contributed by atoms with Crippen LogP contribution in [0.1, 0.15) is 40.2 Å². The first-order chi connectivity index (χ1) is 10.7. The van der Waals surface area contributed by atoms with E-state index in [1.54, 1.807) is 11.8 Å². The van der Waals surface area contributed by atoms with Crippen LogP contribution in [0.4, 0.5) is 5.69 Å². The lowest BCUT2D eigenvalue weighted by Gasteiger charge is -2.36. The molecule has 0 saturated heterocycles. The summed E-state index contributed by atoms with van der Waals surface area (Å²) in [5.74, 6) is 0.421. The molecule has 0 N–H and O–H groups in total. The molecule has 0 aliphatic carbocycles. The minimum absolute atomic E-state index is 0.0410. The van der Waals surface area contributed by atoms with Gasteiger partial charge in [-0.1, -0.05) is 6.07 Å². The fourth-order valence-corrected chi connectivity index (χ4v) is 3.07. The number of carbonyl (C=O) groups is 2. The van der Waals surface area contributed by atoms with E-state index in [0.29, 0.717) is 11.4 Å². The number of aryl methyl sites for hydroxylation is 1. The molecular formula is C18H26N2O3. The summed E-state index contributed by atoms with van der Waals surface area (Å²) < 4.78 is 5.65. The maximum absolute atomic E-state index is 12.7. The van der Waals surface area contributed by atoms with Crippen LogP contribution in [0.2, 0.25) is 0 Å². The Labute approximate surface area is 138 Å². The number of hydrogen-bond acceptors (Lipinski definition) is 3. The van der Waals surface area contributed by atoms with Crippen molar-refractivity contribution in [3.05, 3.63) is 23.8 Å². The summed E-state index contributed by atoms with van der Waals surface area (Å²) in [6.45, 7) is 11.7. The van der Waals surface area contributed by atoms with E-state index >= 15 is 0 Å². The zero-order valence-corrected chi connectivity index (χ0v) is 14.8. The topological polar surface area (TPSA) is 49.9 Å². The van der Waals surface area contributed by atoms with Crippen molar-refractivity contribution < 1.29 is 14.3 Å². The maximum Gasteiger partial charge on any atom is 0.268 e. The number of rotatable bonds is 4. The number of hydrogen-bond donors (Lipinski definition) is 0. The maximum atomic E-state index is 12.7. The Hall–Kier alpha value is -2.04. The minimum Gasteiger partial charge on any atom is -0.479 e. The Morgan fingerprint density at radius 3 is 2.43 bits per heavy atom. The van der Waals surface area contributed by atoms with Crippen molar-refractivity contribution in [1.29, 1.82) is 0 Å². The third-order valence-electron chi connectivity index (χ3n) is 4.02. The lowest BCUT2D eigenvalue weighted by Crippen LogP contribution is -2.52. The van der Waals surface area contributed by atoms with Gasteiger partial charge in [-0.05, 0) is 59.2 Å². The first kappa shape index (κ1) is 17.3. The van der Waals surface area contributed by atoms with Gasteiger partial charge < -0.3 is 9.64 Å². The molecule has 23 heavy (non-hydrogen) atoms. The number of anilines is 1. The van der Waals surface area contributed by atoms with Crippen molar-refractivity contribution >= 4 is 17.5 Å². The largest absolute Gasteiger partial charge is 0.479 e. The highest BCUT2D eigenvalue weighted by Crippen LogP contribution is 2.34. The second-order valence-electron chi connectivity index (χ2n) is 6.64. The van der Waals surface area contributed by atoms with E-state index in [1.807, 2.05) is 57.7 Å². The number of ether oxygens (including phenoxy) is 1. The van der Waals surface area contributed by atoms with Crippen molar-refractivity contribution in [2.24, 2.45) is 0 Å². The Kier molecular flexibility index (Phi) is 4.97. The summed E-state index contributed by atoms with van der Waals surface area (Å²) in [6.07, 6.45) is -0.579. The smallest absolute Gasteiger partial charge is 0.268 e. The molecule has 1 aliphatic rings. The fourth-order valence-electron chi connectivity index (χ4n) is 3.07. The standard InChI is InChI=1S/C18H26N2O3/c1-11(2)20(12(3)4)17(21)10-19-15-9-13(5)7-8-16(15)23-14(6)18(19)22/h7-9,11-12,14H,10H2,1-6H3/t14-/m1/s1. The molecule has 0 saturated carbocycles. The van der Waals surface area contributed by atoms with Crippen LogP contribution in [-0.4, -0.2) is 41.4 Å². The van der Waals surface area contributed by atoms with Crippen molar-refractivity contribution in [1.82, 2.24) is 4.90 Å². The third kappa shape index (κ3) is 3.49. The number of carbonyl (C=O) groups excluding carboxylic acids is 2. The molecule has 1 heterocycles. The third-order valence-corrected chi connectivity index (χ3v) is 4.02. The van der Waals surface area contributed by atoms with Gasteiger partial charge in [0.1, 0.15) is 12.3 Å².